The van der Waals surface area contributed by atoms with Crippen LogP contribution in [0.3, 0.4) is 0 Å². The van der Waals surface area contributed by atoms with Crippen LogP contribution in [-0.4, -0.2) is 59.9 Å². The van der Waals surface area contributed by atoms with Gasteiger partial charge in [0.1, 0.15) is 12.6 Å². The van der Waals surface area contributed by atoms with E-state index in [2.05, 4.69) is 42.7 Å². The van der Waals surface area contributed by atoms with Crippen LogP contribution >= 0.6 is 7.82 Å². The average Bonchev–Trinajstić information content (AvgIpc) is 3.16. The first kappa shape index (κ1) is 53.0. The first-order valence-electron chi connectivity index (χ1n) is 21.9. The summed E-state index contributed by atoms with van der Waals surface area (Å²) in [5, 5.41) is 8.88. The van der Waals surface area contributed by atoms with Gasteiger partial charge >= 0.3 is 25.7 Å². The van der Waals surface area contributed by atoms with Crippen molar-refractivity contribution in [2.45, 2.75) is 212 Å². The fourth-order valence-corrected chi connectivity index (χ4v) is 6.71. The van der Waals surface area contributed by atoms with Crippen molar-refractivity contribution in [2.24, 2.45) is 5.73 Å². The van der Waals surface area contributed by atoms with Crippen molar-refractivity contribution in [2.75, 3.05) is 19.8 Å². The lowest BCUT2D eigenvalue weighted by molar-refractivity contribution is -0.161. The molecule has 55 heavy (non-hydrogen) atoms. The third-order valence-corrected chi connectivity index (χ3v) is 10.4. The second-order valence-corrected chi connectivity index (χ2v) is 16.3. The third-order valence-electron chi connectivity index (χ3n) is 9.42. The number of esters is 2. The number of nitrogens with two attached hydrogens (primary N) is 1. The van der Waals surface area contributed by atoms with Crippen molar-refractivity contribution in [1.29, 1.82) is 0 Å². The maximum atomic E-state index is 12.6. The molecule has 0 bridgehead atoms. The van der Waals surface area contributed by atoms with Crippen LogP contribution in [0, 0.1) is 0 Å². The molecular weight excluding hydrogens is 721 g/mol. The molecule has 0 saturated carbocycles. The Labute approximate surface area is 334 Å². The molecule has 0 heterocycles. The lowest BCUT2D eigenvalue weighted by atomic mass is 10.1. The molecule has 11 nitrogen and oxygen atoms in total. The van der Waals surface area contributed by atoms with Gasteiger partial charge in [0.25, 0.3) is 0 Å². The number of carboxylic acids is 1. The zero-order chi connectivity index (χ0) is 40.7. The van der Waals surface area contributed by atoms with Crippen LogP contribution in [-0.2, 0) is 37.5 Å². The molecule has 0 fully saturated rings. The third kappa shape index (κ3) is 38.6. The quantitative estimate of drug-likeness (QED) is 0.0232. The monoisotopic (exact) mass is 802 g/mol. The van der Waals surface area contributed by atoms with Gasteiger partial charge in [-0.05, 0) is 64.2 Å². The van der Waals surface area contributed by atoms with Crippen LogP contribution in [0.15, 0.2) is 24.3 Å². The van der Waals surface area contributed by atoms with Crippen molar-refractivity contribution in [3.63, 3.8) is 0 Å². The maximum Gasteiger partial charge on any atom is 0.472 e. The van der Waals surface area contributed by atoms with E-state index in [1.54, 1.807) is 0 Å². The number of phosphoric acid groups is 1. The van der Waals surface area contributed by atoms with Gasteiger partial charge in [-0.25, -0.2) is 4.57 Å². The van der Waals surface area contributed by atoms with Crippen molar-refractivity contribution in [1.82, 2.24) is 0 Å². The van der Waals surface area contributed by atoms with Gasteiger partial charge in [-0.1, -0.05) is 147 Å². The molecule has 0 aliphatic heterocycles. The minimum absolute atomic E-state index is 0.151. The summed E-state index contributed by atoms with van der Waals surface area (Å²) in [6.45, 7) is 2.79. The van der Waals surface area contributed by atoms with Crippen molar-refractivity contribution in [3.8, 4) is 0 Å². The molecule has 322 valence electrons. The van der Waals surface area contributed by atoms with Gasteiger partial charge in [0.2, 0.25) is 0 Å². The van der Waals surface area contributed by atoms with Crippen LogP contribution in [0.2, 0.25) is 0 Å². The van der Waals surface area contributed by atoms with Crippen LogP contribution < -0.4 is 5.73 Å². The number of rotatable bonds is 41. The predicted octanol–water partition coefficient (Wildman–Crippen LogP) is 11.5. The highest BCUT2D eigenvalue weighted by atomic mass is 31.2. The number of carboxylic acid groups (broad SMARTS) is 1. The number of unbranched alkanes of at least 4 members (excludes halogenated alkanes) is 23. The highest BCUT2D eigenvalue weighted by Crippen LogP contribution is 2.43. The van der Waals surface area contributed by atoms with Crippen LogP contribution in [0.5, 0.6) is 0 Å². The van der Waals surface area contributed by atoms with Crippen LogP contribution in [0.1, 0.15) is 200 Å². The predicted molar refractivity (Wildman–Crippen MR) is 222 cm³/mol. The minimum atomic E-state index is -4.72. The summed E-state index contributed by atoms with van der Waals surface area (Å²) in [5.74, 6) is -2.39. The number of carbonyl (C=O) groups is 3. The number of hydrogen-bond acceptors (Lipinski definition) is 9. The zero-order valence-corrected chi connectivity index (χ0v) is 35.7. The lowest BCUT2D eigenvalue weighted by Gasteiger charge is -2.20. The van der Waals surface area contributed by atoms with E-state index in [0.29, 0.717) is 12.8 Å². The summed E-state index contributed by atoms with van der Waals surface area (Å²) in [4.78, 5) is 45.9. The molecule has 0 rings (SSSR count). The molecule has 0 aromatic carbocycles. The highest BCUT2D eigenvalue weighted by Gasteiger charge is 2.28. The van der Waals surface area contributed by atoms with Crippen molar-refractivity contribution in [3.05, 3.63) is 24.3 Å². The minimum Gasteiger partial charge on any atom is -0.480 e. The topological polar surface area (TPSA) is 172 Å². The SMILES string of the molecule is CCCCCCCC/C=C\CCCCCCCC(=O)O[C@H](COC(=O)CCCCCCC/C=C\CCCCCCCCC)COP(=O)(O)OC[C@H](N)C(=O)O. The molecule has 0 spiro atoms. The highest BCUT2D eigenvalue weighted by molar-refractivity contribution is 7.47. The summed E-state index contributed by atoms with van der Waals surface area (Å²) in [5.41, 5.74) is 5.33. The molecule has 0 amide bonds. The van der Waals surface area contributed by atoms with E-state index < -0.39 is 51.1 Å². The molecule has 0 aliphatic rings. The summed E-state index contributed by atoms with van der Waals surface area (Å²) in [6, 6.07) is -1.52. The van der Waals surface area contributed by atoms with Crippen molar-refractivity contribution >= 4 is 25.7 Å². The zero-order valence-electron chi connectivity index (χ0n) is 34.8. The Morgan fingerprint density at radius 3 is 1.33 bits per heavy atom. The van der Waals surface area contributed by atoms with Gasteiger partial charge < -0.3 is 25.2 Å². The first-order chi connectivity index (χ1) is 26.6. The Bertz CT molecular complexity index is 1040. The number of allylic oxidation sites excluding steroid dienone is 4. The molecule has 0 aliphatic carbocycles. The largest absolute Gasteiger partial charge is 0.480 e. The van der Waals surface area contributed by atoms with Gasteiger partial charge in [0.15, 0.2) is 6.10 Å². The van der Waals surface area contributed by atoms with Crippen LogP contribution in [0.25, 0.3) is 0 Å². The van der Waals surface area contributed by atoms with E-state index in [4.69, 9.17) is 24.8 Å². The molecule has 0 radical (unpaired) electrons. The van der Waals surface area contributed by atoms with Gasteiger partial charge in [-0.2, -0.15) is 0 Å². The molecule has 4 N–H and O–H groups in total. The number of ether oxygens (including phenoxy) is 2. The van der Waals surface area contributed by atoms with Crippen LogP contribution in [0.4, 0.5) is 0 Å². The van der Waals surface area contributed by atoms with Gasteiger partial charge in [0, 0.05) is 12.8 Å². The van der Waals surface area contributed by atoms with Gasteiger partial charge in [-0.3, -0.25) is 23.4 Å². The Hall–Kier alpha value is -2.04. The van der Waals surface area contributed by atoms with E-state index in [1.807, 2.05) is 0 Å². The molecular formula is C43H80NO10P. The van der Waals surface area contributed by atoms with E-state index in [0.717, 1.165) is 77.0 Å². The Morgan fingerprint density at radius 2 is 0.909 bits per heavy atom. The molecule has 12 heteroatoms. The number of aliphatic carboxylic acids is 1. The standard InChI is InChI=1S/C43H80NO10P/c1-3-5-7-9-11-13-15-17-19-21-22-24-26-28-30-32-34-41(45)51-36-39(37-52-55(49,50)53-38-40(44)43(47)48)54-42(46)35-33-31-29-27-25-23-20-18-16-14-12-10-8-6-4-2/h18-21,39-40H,3-17,22-38,44H2,1-2H3,(H,47,48)(H,49,50)/b20-18-,21-19-/t39-,40+/m1/s1. The number of carbonyl (C=O) groups excluding carboxylic acids is 2. The van der Waals surface area contributed by atoms with E-state index in [-0.39, 0.29) is 19.4 Å². The fourth-order valence-electron chi connectivity index (χ4n) is 5.94. The van der Waals surface area contributed by atoms with Gasteiger partial charge in [0.05, 0.1) is 13.2 Å². The van der Waals surface area contributed by atoms with Gasteiger partial charge in [-0.15, -0.1) is 0 Å². The van der Waals surface area contributed by atoms with E-state index in [1.165, 1.54) is 83.5 Å². The fraction of sp³-hybridized carbons (Fsp3) is 0.837. The van der Waals surface area contributed by atoms with E-state index in [9.17, 15) is 23.8 Å². The summed E-state index contributed by atoms with van der Waals surface area (Å²) in [7, 11) is -4.72. The Kier molecular flexibility index (Phi) is 37.4. The Morgan fingerprint density at radius 1 is 0.545 bits per heavy atom. The van der Waals surface area contributed by atoms with Crippen molar-refractivity contribution < 1.29 is 47.5 Å². The first-order valence-corrected chi connectivity index (χ1v) is 23.4. The molecule has 3 atom stereocenters. The Balaban J connectivity index is 4.38. The average molecular weight is 802 g/mol. The second kappa shape index (κ2) is 38.8. The van der Waals surface area contributed by atoms with E-state index >= 15 is 0 Å². The summed E-state index contributed by atoms with van der Waals surface area (Å²) < 4.78 is 32.7. The molecule has 1 unspecified atom stereocenters. The normalized spacial score (nSPS) is 14.0. The number of phosphoric ester groups is 1. The molecule has 0 aromatic rings. The second-order valence-electron chi connectivity index (χ2n) is 14.8. The summed E-state index contributed by atoms with van der Waals surface area (Å²) in [6.07, 6.45) is 39.5. The lowest BCUT2D eigenvalue weighted by Crippen LogP contribution is -2.34. The molecule has 0 aromatic heterocycles. The number of hydrogen-bond donors (Lipinski definition) is 3. The molecule has 0 saturated heterocycles. The maximum absolute atomic E-state index is 12.6. The smallest absolute Gasteiger partial charge is 0.472 e. The summed E-state index contributed by atoms with van der Waals surface area (Å²) >= 11 is 0.